The van der Waals surface area contributed by atoms with Crippen molar-refractivity contribution in [2.45, 2.75) is 6.54 Å². The lowest BCUT2D eigenvalue weighted by Crippen LogP contribution is -2.11. The minimum atomic E-state index is 0.425. The lowest BCUT2D eigenvalue weighted by atomic mass is 10.3. The van der Waals surface area contributed by atoms with Crippen molar-refractivity contribution in [3.8, 4) is 5.75 Å². The summed E-state index contributed by atoms with van der Waals surface area (Å²) in [5.41, 5.74) is 0. The van der Waals surface area contributed by atoms with Crippen molar-refractivity contribution in [3.05, 3.63) is 36.2 Å². The molecule has 19 heavy (non-hydrogen) atoms. The summed E-state index contributed by atoms with van der Waals surface area (Å²) in [6.07, 6.45) is 0. The lowest BCUT2D eigenvalue weighted by molar-refractivity contribution is 0.328. The van der Waals surface area contributed by atoms with E-state index in [-0.39, 0.29) is 0 Å². The number of hydrogen-bond donors (Lipinski definition) is 1. The van der Waals surface area contributed by atoms with Crippen LogP contribution in [0.5, 0.6) is 5.75 Å². The van der Waals surface area contributed by atoms with Crippen LogP contribution in [0, 0.1) is 0 Å². The minimum Gasteiger partial charge on any atom is -0.492 e. The summed E-state index contributed by atoms with van der Waals surface area (Å²) >= 11 is 0. The molecule has 0 radical (unpaired) electrons. The maximum Gasteiger partial charge on any atom is 0.315 e. The summed E-state index contributed by atoms with van der Waals surface area (Å²) in [6.45, 7) is 1.78. The number of anilines is 1. The molecule has 0 spiro atoms. The van der Waals surface area contributed by atoms with E-state index in [9.17, 15) is 0 Å². The Kier molecular flexibility index (Phi) is 4.74. The largest absolute Gasteiger partial charge is 0.492 e. The van der Waals surface area contributed by atoms with Gasteiger partial charge in [-0.2, -0.15) is 0 Å². The SMILES string of the molecule is CN(C)Cc1nnc(NCCOc2ccccc2)o1. The Hall–Kier alpha value is -2.08. The van der Waals surface area contributed by atoms with E-state index >= 15 is 0 Å². The third-order valence-electron chi connectivity index (χ3n) is 2.31. The summed E-state index contributed by atoms with van der Waals surface area (Å²) in [4.78, 5) is 1.97. The highest BCUT2D eigenvalue weighted by Gasteiger charge is 2.05. The van der Waals surface area contributed by atoms with Crippen molar-refractivity contribution in [1.82, 2.24) is 15.1 Å². The Balaban J connectivity index is 1.69. The number of benzene rings is 1. The standard InChI is InChI=1S/C13H18N4O2/c1-17(2)10-12-15-16-13(19-12)14-8-9-18-11-6-4-3-5-7-11/h3-7H,8-10H2,1-2H3,(H,14,16). The van der Waals surface area contributed by atoms with Crippen LogP contribution in [0.25, 0.3) is 0 Å². The highest BCUT2D eigenvalue weighted by atomic mass is 16.5. The number of para-hydroxylation sites is 1. The lowest BCUT2D eigenvalue weighted by Gasteiger charge is -2.05. The molecule has 1 aromatic heterocycles. The first-order chi connectivity index (χ1) is 9.24. The predicted molar refractivity (Wildman–Crippen MR) is 72.1 cm³/mol. The van der Waals surface area contributed by atoms with Crippen molar-refractivity contribution >= 4 is 6.01 Å². The first-order valence-electron chi connectivity index (χ1n) is 6.13. The van der Waals surface area contributed by atoms with Crippen LogP contribution < -0.4 is 10.1 Å². The Bertz CT molecular complexity index is 484. The maximum atomic E-state index is 5.54. The molecule has 2 rings (SSSR count). The van der Waals surface area contributed by atoms with Crippen LogP contribution in [0.2, 0.25) is 0 Å². The number of ether oxygens (including phenoxy) is 1. The normalized spacial score (nSPS) is 10.7. The van der Waals surface area contributed by atoms with E-state index in [1.807, 2.05) is 49.3 Å². The second-order valence-electron chi connectivity index (χ2n) is 4.33. The van der Waals surface area contributed by atoms with Crippen LogP contribution in [-0.4, -0.2) is 42.3 Å². The molecule has 1 heterocycles. The number of hydrogen-bond acceptors (Lipinski definition) is 6. The van der Waals surface area contributed by atoms with Gasteiger partial charge in [-0.3, -0.25) is 0 Å². The van der Waals surface area contributed by atoms with Crippen molar-refractivity contribution in [1.29, 1.82) is 0 Å². The fraction of sp³-hybridized carbons (Fsp3) is 0.385. The molecular weight excluding hydrogens is 244 g/mol. The number of nitrogens with zero attached hydrogens (tertiary/aromatic N) is 3. The summed E-state index contributed by atoms with van der Waals surface area (Å²) in [7, 11) is 3.90. The van der Waals surface area contributed by atoms with Crippen LogP contribution in [0.3, 0.4) is 0 Å². The molecule has 0 bridgehead atoms. The Morgan fingerprint density at radius 2 is 2.00 bits per heavy atom. The molecule has 0 aliphatic rings. The fourth-order valence-electron chi connectivity index (χ4n) is 1.50. The molecule has 6 heteroatoms. The first kappa shape index (κ1) is 13.4. The van der Waals surface area contributed by atoms with Gasteiger partial charge in [0.05, 0.1) is 13.1 Å². The van der Waals surface area contributed by atoms with E-state index in [0.717, 1.165) is 5.75 Å². The molecule has 0 amide bonds. The highest BCUT2D eigenvalue weighted by Crippen LogP contribution is 2.09. The van der Waals surface area contributed by atoms with Gasteiger partial charge in [-0.1, -0.05) is 23.3 Å². The van der Waals surface area contributed by atoms with Gasteiger partial charge < -0.3 is 19.4 Å². The molecule has 1 N–H and O–H groups in total. The van der Waals surface area contributed by atoms with Crippen LogP contribution in [-0.2, 0) is 6.54 Å². The van der Waals surface area contributed by atoms with Gasteiger partial charge in [0.1, 0.15) is 12.4 Å². The quantitative estimate of drug-likeness (QED) is 0.765. The monoisotopic (exact) mass is 262 g/mol. The van der Waals surface area contributed by atoms with E-state index < -0.39 is 0 Å². The zero-order valence-electron chi connectivity index (χ0n) is 11.2. The average molecular weight is 262 g/mol. The molecule has 0 saturated heterocycles. The van der Waals surface area contributed by atoms with Crippen molar-refractivity contribution in [3.63, 3.8) is 0 Å². The molecular formula is C13H18N4O2. The van der Waals surface area contributed by atoms with Gasteiger partial charge in [0.2, 0.25) is 5.89 Å². The molecule has 0 fully saturated rings. The van der Waals surface area contributed by atoms with E-state index in [4.69, 9.17) is 9.15 Å². The second kappa shape index (κ2) is 6.75. The Labute approximate surface area is 112 Å². The summed E-state index contributed by atoms with van der Waals surface area (Å²) in [5.74, 6) is 1.44. The molecule has 102 valence electrons. The third kappa shape index (κ3) is 4.59. The summed E-state index contributed by atoms with van der Waals surface area (Å²) in [6, 6.07) is 10.1. The number of nitrogens with one attached hydrogen (secondary N) is 1. The van der Waals surface area contributed by atoms with Gasteiger partial charge in [0.15, 0.2) is 0 Å². The second-order valence-corrected chi connectivity index (χ2v) is 4.33. The highest BCUT2D eigenvalue weighted by molar-refractivity contribution is 5.21. The molecule has 1 aromatic carbocycles. The van der Waals surface area contributed by atoms with Crippen LogP contribution in [0.4, 0.5) is 6.01 Å². The Morgan fingerprint density at radius 3 is 2.74 bits per heavy atom. The molecule has 2 aromatic rings. The molecule has 0 aliphatic heterocycles. The maximum absolute atomic E-state index is 5.54. The van der Waals surface area contributed by atoms with E-state index in [1.165, 1.54) is 0 Å². The zero-order valence-corrected chi connectivity index (χ0v) is 11.2. The van der Waals surface area contributed by atoms with Crippen LogP contribution in [0.1, 0.15) is 5.89 Å². The van der Waals surface area contributed by atoms with Gasteiger partial charge in [-0.15, -0.1) is 5.10 Å². The third-order valence-corrected chi connectivity index (χ3v) is 2.31. The van der Waals surface area contributed by atoms with E-state index in [2.05, 4.69) is 15.5 Å². The number of rotatable bonds is 7. The van der Waals surface area contributed by atoms with E-state index in [0.29, 0.717) is 31.6 Å². The topological polar surface area (TPSA) is 63.4 Å². The zero-order chi connectivity index (χ0) is 13.5. The fourth-order valence-corrected chi connectivity index (χ4v) is 1.50. The van der Waals surface area contributed by atoms with Gasteiger partial charge in [-0.05, 0) is 26.2 Å². The van der Waals surface area contributed by atoms with Gasteiger partial charge in [0, 0.05) is 0 Å². The molecule has 0 saturated carbocycles. The van der Waals surface area contributed by atoms with Crippen molar-refractivity contribution < 1.29 is 9.15 Å². The number of aromatic nitrogens is 2. The van der Waals surface area contributed by atoms with Crippen LogP contribution in [0.15, 0.2) is 34.7 Å². The van der Waals surface area contributed by atoms with Crippen molar-refractivity contribution in [2.75, 3.05) is 32.6 Å². The van der Waals surface area contributed by atoms with Crippen molar-refractivity contribution in [2.24, 2.45) is 0 Å². The van der Waals surface area contributed by atoms with Gasteiger partial charge >= 0.3 is 6.01 Å². The molecule has 0 atom stereocenters. The summed E-state index contributed by atoms with van der Waals surface area (Å²) < 4.78 is 11.0. The first-order valence-corrected chi connectivity index (χ1v) is 6.13. The van der Waals surface area contributed by atoms with Crippen LogP contribution >= 0.6 is 0 Å². The predicted octanol–water partition coefficient (Wildman–Crippen LogP) is 1.62. The van der Waals surface area contributed by atoms with Gasteiger partial charge in [-0.25, -0.2) is 0 Å². The molecule has 6 nitrogen and oxygen atoms in total. The minimum absolute atomic E-state index is 0.425. The van der Waals surface area contributed by atoms with Gasteiger partial charge in [0.25, 0.3) is 0 Å². The molecule has 0 aliphatic carbocycles. The summed E-state index contributed by atoms with van der Waals surface area (Å²) in [5, 5.41) is 10.9. The Morgan fingerprint density at radius 1 is 1.21 bits per heavy atom. The van der Waals surface area contributed by atoms with E-state index in [1.54, 1.807) is 0 Å². The molecule has 0 unspecified atom stereocenters. The average Bonchev–Trinajstić information content (AvgIpc) is 2.83. The smallest absolute Gasteiger partial charge is 0.315 e.